The van der Waals surface area contributed by atoms with Gasteiger partial charge < -0.3 is 4.74 Å². The van der Waals surface area contributed by atoms with Gasteiger partial charge >= 0.3 is 0 Å². The fourth-order valence-corrected chi connectivity index (χ4v) is 0.562. The third kappa shape index (κ3) is 6.13. The minimum atomic E-state index is 0.498. The van der Waals surface area contributed by atoms with E-state index < -0.39 is 0 Å². The maximum atomic E-state index is 5.55. The van der Waals surface area contributed by atoms with Gasteiger partial charge in [-0.25, -0.2) is 0 Å². The van der Waals surface area contributed by atoms with E-state index in [-0.39, 0.29) is 0 Å². The van der Waals surface area contributed by atoms with Crippen LogP contribution >= 0.6 is 11.6 Å². The third-order valence-electron chi connectivity index (χ3n) is 1.01. The van der Waals surface area contributed by atoms with Gasteiger partial charge in [-0.1, -0.05) is 13.8 Å². The maximum absolute atomic E-state index is 5.55. The monoisotopic (exact) mass is 150 g/mol. The summed E-state index contributed by atoms with van der Waals surface area (Å²) in [6, 6.07) is 0. The van der Waals surface area contributed by atoms with E-state index in [2.05, 4.69) is 13.8 Å². The Bertz CT molecular complexity index is 56.9. The Labute approximate surface area is 62.3 Å². The highest BCUT2D eigenvalue weighted by atomic mass is 35.5. The van der Waals surface area contributed by atoms with Crippen molar-refractivity contribution in [2.75, 3.05) is 19.1 Å². The highest BCUT2D eigenvalue weighted by molar-refractivity contribution is 6.18. The van der Waals surface area contributed by atoms with Crippen molar-refractivity contribution in [1.29, 1.82) is 0 Å². The van der Waals surface area contributed by atoms with Gasteiger partial charge in [-0.2, -0.15) is 0 Å². The van der Waals surface area contributed by atoms with Crippen LogP contribution in [0.2, 0.25) is 0 Å². The molecule has 0 aliphatic carbocycles. The first-order valence-electron chi connectivity index (χ1n) is 3.45. The first kappa shape index (κ1) is 9.25. The number of rotatable bonds is 5. The Balaban J connectivity index is 2.88. The van der Waals surface area contributed by atoms with Crippen LogP contribution in [-0.2, 0) is 4.74 Å². The number of halogens is 1. The van der Waals surface area contributed by atoms with E-state index in [1.165, 1.54) is 0 Å². The summed E-state index contributed by atoms with van der Waals surface area (Å²) in [6.07, 6.45) is 1.09. The van der Waals surface area contributed by atoms with Crippen molar-refractivity contribution in [2.24, 2.45) is 5.92 Å². The van der Waals surface area contributed by atoms with Crippen LogP contribution in [0.5, 0.6) is 0 Å². The molecule has 0 aromatic rings. The van der Waals surface area contributed by atoms with Gasteiger partial charge in [0.2, 0.25) is 0 Å². The van der Waals surface area contributed by atoms with E-state index in [4.69, 9.17) is 16.3 Å². The van der Waals surface area contributed by atoms with Crippen LogP contribution in [0.1, 0.15) is 20.3 Å². The summed E-state index contributed by atoms with van der Waals surface area (Å²) < 4.78 is 5.25. The highest BCUT2D eigenvalue weighted by Crippen LogP contribution is 1.98. The molecule has 0 amide bonds. The van der Waals surface area contributed by atoms with E-state index in [9.17, 15) is 0 Å². The average Bonchev–Trinajstić information content (AvgIpc) is 1.89. The van der Waals surface area contributed by atoms with Gasteiger partial charge in [-0.05, 0) is 12.3 Å². The van der Waals surface area contributed by atoms with Crippen LogP contribution in [0.25, 0.3) is 0 Å². The van der Waals surface area contributed by atoms with Crippen LogP contribution in [0, 0.1) is 5.92 Å². The fraction of sp³-hybridized carbons (Fsp3) is 1.00. The molecular weight excluding hydrogens is 136 g/mol. The van der Waals surface area contributed by atoms with Crippen LogP contribution in [-0.4, -0.2) is 19.1 Å². The van der Waals surface area contributed by atoms with Crippen molar-refractivity contribution < 1.29 is 4.74 Å². The van der Waals surface area contributed by atoms with Crippen LogP contribution in [0.4, 0.5) is 0 Å². The van der Waals surface area contributed by atoms with Crippen LogP contribution < -0.4 is 0 Å². The zero-order valence-corrected chi connectivity index (χ0v) is 6.95. The number of hydrogen-bond acceptors (Lipinski definition) is 1. The number of hydrogen-bond donors (Lipinski definition) is 0. The number of ether oxygens (including phenoxy) is 1. The van der Waals surface area contributed by atoms with Gasteiger partial charge in [0, 0.05) is 12.5 Å². The molecule has 9 heavy (non-hydrogen) atoms. The average molecular weight is 151 g/mol. The summed E-state index contributed by atoms with van der Waals surface area (Å²) in [7, 11) is 0. The molecule has 0 radical (unpaired) electrons. The minimum absolute atomic E-state index is 0.498. The molecule has 0 fully saturated rings. The van der Waals surface area contributed by atoms with E-state index in [0.717, 1.165) is 19.6 Å². The van der Waals surface area contributed by atoms with Gasteiger partial charge in [0.15, 0.2) is 0 Å². The van der Waals surface area contributed by atoms with Crippen molar-refractivity contribution >= 4 is 11.6 Å². The van der Waals surface area contributed by atoms with E-state index in [0.29, 0.717) is 11.8 Å². The van der Waals surface area contributed by atoms with Crippen LogP contribution in [0.15, 0.2) is 0 Å². The van der Waals surface area contributed by atoms with Crippen molar-refractivity contribution in [3.8, 4) is 0 Å². The zero-order valence-electron chi connectivity index (χ0n) is 6.19. The van der Waals surface area contributed by atoms with E-state index in [1.807, 2.05) is 0 Å². The Morgan fingerprint density at radius 1 is 1.56 bits per heavy atom. The summed E-state index contributed by atoms with van der Waals surface area (Å²) in [5, 5.41) is 0. The SMILES string of the molecule is CCCOCC(C)CCl. The molecule has 0 N–H and O–H groups in total. The maximum Gasteiger partial charge on any atom is 0.0503 e. The molecule has 2 heteroatoms. The molecule has 0 saturated carbocycles. The smallest absolute Gasteiger partial charge is 0.0503 e. The van der Waals surface area contributed by atoms with Crippen molar-refractivity contribution in [3.05, 3.63) is 0 Å². The molecule has 0 bridgehead atoms. The Kier molecular flexibility index (Phi) is 6.55. The summed E-state index contributed by atoms with van der Waals surface area (Å²) in [6.45, 7) is 5.85. The molecule has 0 aliphatic heterocycles. The van der Waals surface area contributed by atoms with Crippen molar-refractivity contribution in [1.82, 2.24) is 0 Å². The fourth-order valence-electron chi connectivity index (χ4n) is 0.473. The van der Waals surface area contributed by atoms with E-state index >= 15 is 0 Å². The Hall–Kier alpha value is 0.250. The standard InChI is InChI=1S/C7H15ClO/c1-3-4-9-6-7(2)5-8/h7H,3-6H2,1-2H3. The molecule has 1 unspecified atom stereocenters. The quantitative estimate of drug-likeness (QED) is 0.432. The van der Waals surface area contributed by atoms with Gasteiger partial charge in [-0.15, -0.1) is 11.6 Å². The van der Waals surface area contributed by atoms with Crippen LogP contribution in [0.3, 0.4) is 0 Å². The largest absolute Gasteiger partial charge is 0.381 e. The zero-order chi connectivity index (χ0) is 7.11. The molecular formula is C7H15ClO. The Morgan fingerprint density at radius 3 is 2.67 bits per heavy atom. The summed E-state index contributed by atoms with van der Waals surface area (Å²) in [5.41, 5.74) is 0. The molecule has 0 heterocycles. The first-order valence-corrected chi connectivity index (χ1v) is 3.98. The summed E-state index contributed by atoms with van der Waals surface area (Å²) >= 11 is 5.55. The van der Waals surface area contributed by atoms with Gasteiger partial charge in [0.1, 0.15) is 0 Å². The predicted octanol–water partition coefficient (Wildman–Crippen LogP) is 2.29. The molecule has 1 nitrogen and oxygen atoms in total. The lowest BCUT2D eigenvalue weighted by Gasteiger charge is -2.06. The molecule has 0 spiro atoms. The lowest BCUT2D eigenvalue weighted by molar-refractivity contribution is 0.111. The first-order chi connectivity index (χ1) is 4.31. The third-order valence-corrected chi connectivity index (χ3v) is 1.54. The number of alkyl halides is 1. The second-order valence-electron chi connectivity index (χ2n) is 2.33. The topological polar surface area (TPSA) is 9.23 Å². The molecule has 0 aromatic carbocycles. The van der Waals surface area contributed by atoms with Gasteiger partial charge in [0.05, 0.1) is 6.61 Å². The lowest BCUT2D eigenvalue weighted by Crippen LogP contribution is -2.07. The lowest BCUT2D eigenvalue weighted by atomic mass is 10.2. The van der Waals surface area contributed by atoms with Gasteiger partial charge in [-0.3, -0.25) is 0 Å². The molecule has 56 valence electrons. The second kappa shape index (κ2) is 6.37. The molecule has 0 saturated heterocycles. The van der Waals surface area contributed by atoms with Crippen molar-refractivity contribution in [2.45, 2.75) is 20.3 Å². The normalized spacial score (nSPS) is 13.7. The molecule has 0 rings (SSSR count). The van der Waals surface area contributed by atoms with E-state index in [1.54, 1.807) is 0 Å². The predicted molar refractivity (Wildman–Crippen MR) is 41.0 cm³/mol. The molecule has 0 aliphatic rings. The highest BCUT2D eigenvalue weighted by Gasteiger charge is 1.97. The summed E-state index contributed by atoms with van der Waals surface area (Å²) in [5.74, 6) is 1.20. The summed E-state index contributed by atoms with van der Waals surface area (Å²) in [4.78, 5) is 0. The molecule has 0 aromatic heterocycles. The second-order valence-corrected chi connectivity index (χ2v) is 2.64. The van der Waals surface area contributed by atoms with Crippen molar-refractivity contribution in [3.63, 3.8) is 0 Å². The Morgan fingerprint density at radius 2 is 2.22 bits per heavy atom. The molecule has 1 atom stereocenters. The van der Waals surface area contributed by atoms with Gasteiger partial charge in [0.25, 0.3) is 0 Å². The minimum Gasteiger partial charge on any atom is -0.381 e.